The minimum atomic E-state index is 0.158. The van der Waals surface area contributed by atoms with Crippen molar-refractivity contribution in [2.24, 2.45) is 5.92 Å². The van der Waals surface area contributed by atoms with Gasteiger partial charge >= 0.3 is 0 Å². The second-order valence-corrected chi connectivity index (χ2v) is 7.34. The quantitative estimate of drug-likeness (QED) is 0.707. The summed E-state index contributed by atoms with van der Waals surface area (Å²) < 4.78 is 0. The average Bonchev–Trinajstić information content (AvgIpc) is 2.46. The first-order valence-corrected chi connectivity index (χ1v) is 8.30. The number of nitrogens with one attached hydrogen (secondary N) is 1. The van der Waals surface area contributed by atoms with Crippen molar-refractivity contribution in [1.82, 2.24) is 5.32 Å². The Morgan fingerprint density at radius 3 is 1.91 bits per heavy atom. The molecule has 0 spiro atoms. The van der Waals surface area contributed by atoms with Crippen LogP contribution in [-0.4, -0.2) is 5.54 Å². The van der Waals surface area contributed by atoms with Gasteiger partial charge in [-0.25, -0.2) is 0 Å². The van der Waals surface area contributed by atoms with Crippen LogP contribution in [0.1, 0.15) is 52.6 Å². The standard InChI is InChI=1S/C21H29N/c1-16(2)15-21(4,5)22-17(3)18-11-13-20(14-12-18)19-9-7-6-8-10-19/h6-14,16-17,22H,15H2,1-5H3/t17-/m1/s1. The van der Waals surface area contributed by atoms with Gasteiger partial charge in [0, 0.05) is 11.6 Å². The van der Waals surface area contributed by atoms with Crippen LogP contribution in [-0.2, 0) is 0 Å². The van der Waals surface area contributed by atoms with Gasteiger partial charge in [0.1, 0.15) is 0 Å². The molecule has 118 valence electrons. The molecule has 1 N–H and O–H groups in total. The van der Waals surface area contributed by atoms with Gasteiger partial charge in [-0.3, -0.25) is 0 Å². The molecule has 0 aliphatic heterocycles. The van der Waals surface area contributed by atoms with Crippen molar-refractivity contribution >= 4 is 0 Å². The number of hydrogen-bond donors (Lipinski definition) is 1. The van der Waals surface area contributed by atoms with Crippen LogP contribution in [0.5, 0.6) is 0 Å². The molecule has 1 nitrogen and oxygen atoms in total. The predicted molar refractivity (Wildman–Crippen MR) is 97.0 cm³/mol. The van der Waals surface area contributed by atoms with E-state index >= 15 is 0 Å². The zero-order valence-corrected chi connectivity index (χ0v) is 14.6. The molecule has 1 heteroatoms. The third-order valence-corrected chi connectivity index (χ3v) is 4.04. The Bertz CT molecular complexity index is 567. The molecular weight excluding hydrogens is 266 g/mol. The maximum atomic E-state index is 3.76. The van der Waals surface area contributed by atoms with Crippen molar-refractivity contribution in [2.45, 2.75) is 52.6 Å². The Balaban J connectivity index is 2.07. The lowest BCUT2D eigenvalue weighted by Gasteiger charge is -2.32. The lowest BCUT2D eigenvalue weighted by atomic mass is 9.91. The van der Waals surface area contributed by atoms with E-state index < -0.39 is 0 Å². The van der Waals surface area contributed by atoms with Gasteiger partial charge in [0.25, 0.3) is 0 Å². The highest BCUT2D eigenvalue weighted by Crippen LogP contribution is 2.24. The second-order valence-electron chi connectivity index (χ2n) is 7.34. The van der Waals surface area contributed by atoms with Crippen molar-refractivity contribution in [3.05, 3.63) is 60.2 Å². The lowest BCUT2D eigenvalue weighted by molar-refractivity contribution is 0.291. The molecule has 0 aliphatic rings. The highest BCUT2D eigenvalue weighted by atomic mass is 15.0. The van der Waals surface area contributed by atoms with Crippen LogP contribution < -0.4 is 5.32 Å². The molecule has 1 atom stereocenters. The maximum Gasteiger partial charge on any atom is 0.0296 e. The molecule has 0 amide bonds. The highest BCUT2D eigenvalue weighted by molar-refractivity contribution is 5.63. The van der Waals surface area contributed by atoms with Crippen LogP contribution in [0.4, 0.5) is 0 Å². The van der Waals surface area contributed by atoms with Crippen molar-refractivity contribution in [3.63, 3.8) is 0 Å². The number of hydrogen-bond acceptors (Lipinski definition) is 1. The molecule has 0 heterocycles. The zero-order chi connectivity index (χ0) is 16.2. The van der Waals surface area contributed by atoms with E-state index in [0.717, 1.165) is 0 Å². The first-order valence-electron chi connectivity index (χ1n) is 8.30. The fraction of sp³-hybridized carbons (Fsp3) is 0.429. The molecule has 0 aromatic heterocycles. The second kappa shape index (κ2) is 7.11. The Morgan fingerprint density at radius 1 is 0.818 bits per heavy atom. The molecular formula is C21H29N. The highest BCUT2D eigenvalue weighted by Gasteiger charge is 2.21. The third kappa shape index (κ3) is 4.71. The number of benzene rings is 2. The summed E-state index contributed by atoms with van der Waals surface area (Å²) in [5.74, 6) is 0.704. The topological polar surface area (TPSA) is 12.0 Å². The van der Waals surface area contributed by atoms with E-state index in [1.54, 1.807) is 0 Å². The lowest BCUT2D eigenvalue weighted by Crippen LogP contribution is -2.41. The van der Waals surface area contributed by atoms with Gasteiger partial charge in [-0.15, -0.1) is 0 Å². The maximum absolute atomic E-state index is 3.76. The SMILES string of the molecule is CC(C)CC(C)(C)N[C@H](C)c1ccc(-c2ccccc2)cc1. The van der Waals surface area contributed by atoms with E-state index in [1.807, 2.05) is 0 Å². The summed E-state index contributed by atoms with van der Waals surface area (Å²) in [6.45, 7) is 11.4. The molecule has 2 rings (SSSR count). The van der Waals surface area contributed by atoms with Crippen molar-refractivity contribution < 1.29 is 0 Å². The van der Waals surface area contributed by atoms with Crippen LogP contribution in [0, 0.1) is 5.92 Å². The minimum Gasteiger partial charge on any atom is -0.305 e. The first kappa shape index (κ1) is 16.8. The van der Waals surface area contributed by atoms with E-state index in [-0.39, 0.29) is 5.54 Å². The predicted octanol–water partition coefficient (Wildman–Crippen LogP) is 5.83. The smallest absolute Gasteiger partial charge is 0.0296 e. The minimum absolute atomic E-state index is 0.158. The van der Waals surface area contributed by atoms with E-state index in [4.69, 9.17) is 0 Å². The molecule has 0 aliphatic carbocycles. The van der Waals surface area contributed by atoms with Gasteiger partial charge in [-0.1, -0.05) is 68.4 Å². The molecule has 0 saturated carbocycles. The van der Waals surface area contributed by atoms with Crippen LogP contribution in [0.3, 0.4) is 0 Å². The number of rotatable bonds is 6. The Kier molecular flexibility index (Phi) is 5.42. The van der Waals surface area contributed by atoms with Crippen LogP contribution in [0.2, 0.25) is 0 Å². The van der Waals surface area contributed by atoms with Gasteiger partial charge in [-0.2, -0.15) is 0 Å². The molecule has 0 fully saturated rings. The summed E-state index contributed by atoms with van der Waals surface area (Å²) >= 11 is 0. The fourth-order valence-electron chi connectivity index (χ4n) is 3.34. The normalized spacial score (nSPS) is 13.4. The zero-order valence-electron chi connectivity index (χ0n) is 14.6. The van der Waals surface area contributed by atoms with Crippen LogP contribution >= 0.6 is 0 Å². The summed E-state index contributed by atoms with van der Waals surface area (Å²) in [4.78, 5) is 0. The van der Waals surface area contributed by atoms with Crippen LogP contribution in [0.15, 0.2) is 54.6 Å². The Morgan fingerprint density at radius 2 is 1.36 bits per heavy atom. The van der Waals surface area contributed by atoms with Crippen molar-refractivity contribution in [3.8, 4) is 11.1 Å². The fourth-order valence-corrected chi connectivity index (χ4v) is 3.34. The molecule has 0 saturated heterocycles. The molecule has 2 aromatic carbocycles. The van der Waals surface area contributed by atoms with Gasteiger partial charge in [0.15, 0.2) is 0 Å². The van der Waals surface area contributed by atoms with Crippen molar-refractivity contribution in [2.75, 3.05) is 0 Å². The largest absolute Gasteiger partial charge is 0.305 e. The van der Waals surface area contributed by atoms with Gasteiger partial charge < -0.3 is 5.32 Å². The molecule has 22 heavy (non-hydrogen) atoms. The summed E-state index contributed by atoms with van der Waals surface area (Å²) in [5, 5.41) is 3.76. The first-order chi connectivity index (χ1) is 10.4. The van der Waals surface area contributed by atoms with Crippen molar-refractivity contribution in [1.29, 1.82) is 0 Å². The monoisotopic (exact) mass is 295 g/mol. The molecule has 0 unspecified atom stereocenters. The van der Waals surface area contributed by atoms with Crippen LogP contribution in [0.25, 0.3) is 11.1 Å². The van der Waals surface area contributed by atoms with Gasteiger partial charge in [0.2, 0.25) is 0 Å². The summed E-state index contributed by atoms with van der Waals surface area (Å²) in [7, 11) is 0. The molecule has 2 aromatic rings. The van der Waals surface area contributed by atoms with E-state index in [1.165, 1.54) is 23.1 Å². The summed E-state index contributed by atoms with van der Waals surface area (Å²) in [6.07, 6.45) is 1.18. The summed E-state index contributed by atoms with van der Waals surface area (Å²) in [6, 6.07) is 19.8. The Labute approximate surface area is 135 Å². The van der Waals surface area contributed by atoms with E-state index in [2.05, 4.69) is 94.5 Å². The molecule has 0 radical (unpaired) electrons. The third-order valence-electron chi connectivity index (χ3n) is 4.04. The van der Waals surface area contributed by atoms with Gasteiger partial charge in [0.05, 0.1) is 0 Å². The van der Waals surface area contributed by atoms with E-state index in [0.29, 0.717) is 12.0 Å². The molecule has 0 bridgehead atoms. The van der Waals surface area contributed by atoms with Gasteiger partial charge in [-0.05, 0) is 49.8 Å². The Hall–Kier alpha value is -1.60. The summed E-state index contributed by atoms with van der Waals surface area (Å²) in [5.41, 5.74) is 4.05. The van der Waals surface area contributed by atoms with E-state index in [9.17, 15) is 0 Å². The average molecular weight is 295 g/mol.